The number of aromatic nitrogens is 1. The highest BCUT2D eigenvalue weighted by Crippen LogP contribution is 2.29. The molecule has 0 aliphatic rings. The molecule has 2 aromatic rings. The number of halogens is 2. The molecule has 0 N–H and O–H groups in total. The summed E-state index contributed by atoms with van der Waals surface area (Å²) in [6.07, 6.45) is 1.08. The van der Waals surface area contributed by atoms with Crippen molar-refractivity contribution < 1.29 is 21.2 Å². The number of fused-ring (bicyclic) bond motifs is 1. The van der Waals surface area contributed by atoms with Crippen LogP contribution in [0.2, 0.25) is 0 Å². The molecule has 9 heteroatoms. The van der Waals surface area contributed by atoms with Crippen molar-refractivity contribution >= 4 is 40.7 Å². The highest BCUT2D eigenvalue weighted by atomic mass is 35.7. The average Bonchev–Trinajstić information content (AvgIpc) is 2.79. The lowest BCUT2D eigenvalue weighted by atomic mass is 10.3. The molecule has 0 atom stereocenters. The van der Waals surface area contributed by atoms with Crippen LogP contribution < -0.4 is 0 Å². The fraction of sp³-hybridized carbons (Fsp3) is 0.167. The first kappa shape index (κ1) is 16.0. The maximum absolute atomic E-state index is 12.9. The first-order valence-electron chi connectivity index (χ1n) is 5.75. The molecule has 0 radical (unpaired) electrons. The zero-order valence-corrected chi connectivity index (χ0v) is 13.2. The van der Waals surface area contributed by atoms with E-state index in [9.17, 15) is 21.2 Å². The van der Waals surface area contributed by atoms with E-state index in [0.717, 1.165) is 12.1 Å². The number of allylic oxidation sites excluding steroid dienone is 2. The minimum atomic E-state index is -4.36. The molecule has 0 unspecified atom stereocenters. The lowest BCUT2D eigenvalue weighted by Crippen LogP contribution is -2.19. The molecule has 5 nitrogen and oxygen atoms in total. The molecule has 0 spiro atoms. The van der Waals surface area contributed by atoms with Gasteiger partial charge in [0.2, 0.25) is 0 Å². The molecule has 21 heavy (non-hydrogen) atoms. The van der Waals surface area contributed by atoms with Gasteiger partial charge in [-0.3, -0.25) is 0 Å². The molecule has 0 aliphatic heterocycles. The smallest absolute Gasteiger partial charge is 0.245 e. The Hall–Kier alpha value is -1.38. The van der Waals surface area contributed by atoms with Gasteiger partial charge in [-0.2, -0.15) is 0 Å². The van der Waals surface area contributed by atoms with Crippen molar-refractivity contribution in [3.8, 4) is 0 Å². The number of hydrogen-bond donors (Lipinski definition) is 0. The molecular weight excluding hydrogens is 341 g/mol. The average molecular weight is 352 g/mol. The van der Waals surface area contributed by atoms with Crippen LogP contribution in [0.25, 0.3) is 10.9 Å². The summed E-state index contributed by atoms with van der Waals surface area (Å²) < 4.78 is 61.7. The molecule has 1 heterocycles. The van der Waals surface area contributed by atoms with Crippen molar-refractivity contribution in [2.45, 2.75) is 11.9 Å². The van der Waals surface area contributed by atoms with E-state index in [4.69, 9.17) is 10.7 Å². The van der Waals surface area contributed by atoms with Gasteiger partial charge in [-0.25, -0.2) is 25.2 Å². The highest BCUT2D eigenvalue weighted by Gasteiger charge is 2.29. The van der Waals surface area contributed by atoms with Gasteiger partial charge in [-0.05, 0) is 19.1 Å². The molecule has 1 aromatic heterocycles. The van der Waals surface area contributed by atoms with Gasteiger partial charge in [0.05, 0.1) is 10.4 Å². The Bertz CT molecular complexity index is 929. The number of para-hydroxylation sites is 1. The maximum atomic E-state index is 12.9. The van der Waals surface area contributed by atoms with E-state index < -0.39 is 35.7 Å². The summed E-state index contributed by atoms with van der Waals surface area (Å²) in [5.41, 5.74) is 0.115. The third kappa shape index (κ3) is 2.70. The van der Waals surface area contributed by atoms with Crippen LogP contribution in [0.3, 0.4) is 0 Å². The van der Waals surface area contributed by atoms with Crippen molar-refractivity contribution in [2.24, 2.45) is 0 Å². The predicted molar refractivity (Wildman–Crippen MR) is 79.0 cm³/mol. The number of hydrogen-bond acceptors (Lipinski definition) is 4. The Balaban J connectivity index is 2.98. The van der Waals surface area contributed by atoms with Crippen molar-refractivity contribution in [1.29, 1.82) is 0 Å². The van der Waals surface area contributed by atoms with Gasteiger partial charge < -0.3 is 0 Å². The first-order chi connectivity index (χ1) is 9.73. The highest BCUT2D eigenvalue weighted by molar-refractivity contribution is 8.14. The zero-order chi connectivity index (χ0) is 15.8. The fourth-order valence-electron chi connectivity index (χ4n) is 1.93. The van der Waals surface area contributed by atoms with Crippen molar-refractivity contribution in [3.63, 3.8) is 0 Å². The Kier molecular flexibility index (Phi) is 4.14. The maximum Gasteiger partial charge on any atom is 0.277 e. The molecule has 114 valence electrons. The van der Waals surface area contributed by atoms with Gasteiger partial charge in [-0.1, -0.05) is 24.3 Å². The minimum absolute atomic E-state index is 0.115. The molecule has 0 aliphatic carbocycles. The van der Waals surface area contributed by atoms with Gasteiger partial charge in [0.15, 0.2) is 5.03 Å². The lowest BCUT2D eigenvalue weighted by molar-refractivity contribution is 0.539. The molecule has 0 fully saturated rings. The Morgan fingerprint density at radius 3 is 2.43 bits per heavy atom. The number of benzene rings is 1. The van der Waals surface area contributed by atoms with Gasteiger partial charge in [-0.15, -0.1) is 0 Å². The van der Waals surface area contributed by atoms with Gasteiger partial charge in [0.25, 0.3) is 19.1 Å². The van der Waals surface area contributed by atoms with Crippen molar-refractivity contribution in [3.05, 3.63) is 41.3 Å². The summed E-state index contributed by atoms with van der Waals surface area (Å²) in [6.45, 7) is 0.111. The van der Waals surface area contributed by atoms with E-state index in [1.165, 1.54) is 19.1 Å². The zero-order valence-electron chi connectivity index (χ0n) is 10.8. The van der Waals surface area contributed by atoms with Crippen molar-refractivity contribution in [2.75, 3.05) is 6.67 Å². The van der Waals surface area contributed by atoms with Gasteiger partial charge >= 0.3 is 0 Å². The van der Waals surface area contributed by atoms with Crippen LogP contribution in [0.1, 0.15) is 6.92 Å². The summed E-state index contributed by atoms with van der Waals surface area (Å²) in [7, 11) is -3.38. The van der Waals surface area contributed by atoms with Crippen LogP contribution in [0, 0.1) is 0 Å². The lowest BCUT2D eigenvalue weighted by Gasteiger charge is -2.11. The molecule has 1 aromatic carbocycles. The summed E-state index contributed by atoms with van der Waals surface area (Å²) in [6, 6.07) is 7.27. The fourth-order valence-corrected chi connectivity index (χ4v) is 4.94. The van der Waals surface area contributed by atoms with Crippen LogP contribution in [0.4, 0.5) is 4.39 Å². The van der Waals surface area contributed by atoms with Crippen LogP contribution in [-0.4, -0.2) is 27.5 Å². The minimum Gasteiger partial charge on any atom is -0.245 e. The summed E-state index contributed by atoms with van der Waals surface area (Å²) in [4.78, 5) is -0.537. The summed E-state index contributed by atoms with van der Waals surface area (Å²) >= 11 is 0. The molecule has 0 bridgehead atoms. The second-order valence-electron chi connectivity index (χ2n) is 4.14. The topological polar surface area (TPSA) is 73.2 Å². The molecule has 0 saturated carbocycles. The Morgan fingerprint density at radius 1 is 1.29 bits per heavy atom. The normalized spacial score (nSPS) is 13.8. The van der Waals surface area contributed by atoms with E-state index in [-0.39, 0.29) is 5.52 Å². The largest absolute Gasteiger partial charge is 0.277 e. The van der Waals surface area contributed by atoms with Crippen LogP contribution >= 0.6 is 10.7 Å². The van der Waals surface area contributed by atoms with E-state index >= 15 is 0 Å². The Labute approximate surface area is 126 Å². The third-order valence-electron chi connectivity index (χ3n) is 2.91. The monoisotopic (exact) mass is 351 g/mol. The summed E-state index contributed by atoms with van der Waals surface area (Å²) in [5, 5.41) is -0.243. The van der Waals surface area contributed by atoms with Crippen LogP contribution in [0.15, 0.2) is 46.3 Å². The van der Waals surface area contributed by atoms with Crippen LogP contribution in [0.5, 0.6) is 0 Å². The van der Waals surface area contributed by atoms with E-state index in [2.05, 4.69) is 0 Å². The van der Waals surface area contributed by atoms with E-state index in [1.54, 1.807) is 12.1 Å². The third-order valence-corrected chi connectivity index (χ3v) is 6.18. The van der Waals surface area contributed by atoms with E-state index in [1.807, 2.05) is 0 Å². The van der Waals surface area contributed by atoms with Gasteiger partial charge in [0.1, 0.15) is 6.67 Å². The van der Waals surface area contributed by atoms with Gasteiger partial charge in [0, 0.05) is 16.1 Å². The Morgan fingerprint density at radius 2 is 1.90 bits per heavy atom. The predicted octanol–water partition coefficient (Wildman–Crippen LogP) is 2.62. The quantitative estimate of drug-likeness (QED) is 0.794. The second-order valence-corrected chi connectivity index (χ2v) is 8.49. The second kappa shape index (κ2) is 5.43. The standard InChI is InChI=1S/C12H11ClFNO4S2/c1-2-10(8-14)21(18,19)15-11-6-4-3-5-9(11)7-12(15)20(13,16)17/h2-7H,8H2,1H3/b10-2-. The van der Waals surface area contributed by atoms with Crippen molar-refractivity contribution in [1.82, 2.24) is 3.97 Å². The summed E-state index contributed by atoms with van der Waals surface area (Å²) in [5.74, 6) is 0. The number of rotatable bonds is 4. The van der Waals surface area contributed by atoms with E-state index in [0.29, 0.717) is 9.36 Å². The molecule has 0 amide bonds. The first-order valence-corrected chi connectivity index (χ1v) is 9.50. The molecule has 2 rings (SSSR count). The molecular formula is C12H11ClFNO4S2. The molecule has 0 saturated heterocycles. The number of alkyl halides is 1. The SMILES string of the molecule is C/C=C(/CF)S(=O)(=O)n1c(S(=O)(=O)Cl)cc2ccccc21. The van der Waals surface area contributed by atoms with Crippen LogP contribution in [-0.2, 0) is 19.1 Å². The number of nitrogens with zero attached hydrogens (tertiary/aromatic N) is 1.